The molecule has 168 valence electrons. The van der Waals surface area contributed by atoms with Crippen molar-refractivity contribution in [3.63, 3.8) is 0 Å². The van der Waals surface area contributed by atoms with Gasteiger partial charge in [0, 0.05) is 18.0 Å². The number of thioether (sulfide) groups is 1. The van der Waals surface area contributed by atoms with E-state index in [4.69, 9.17) is 9.47 Å². The summed E-state index contributed by atoms with van der Waals surface area (Å²) in [7, 11) is 1.86. The quantitative estimate of drug-likeness (QED) is 0.408. The highest BCUT2D eigenvalue weighted by Gasteiger charge is 2.27. The number of hydrogen-bond acceptors (Lipinski definition) is 8. The third-order valence-electron chi connectivity index (χ3n) is 5.10. The number of carbonyl (C=O) groups is 1. The first-order chi connectivity index (χ1) is 16.1. The molecule has 0 bridgehead atoms. The van der Waals surface area contributed by atoms with Gasteiger partial charge in [0.05, 0.1) is 11.4 Å². The number of carbonyl (C=O) groups excluding carboxylic acids is 1. The van der Waals surface area contributed by atoms with Crippen molar-refractivity contribution in [1.29, 1.82) is 0 Å². The van der Waals surface area contributed by atoms with E-state index in [-0.39, 0.29) is 17.8 Å². The molecule has 0 saturated heterocycles. The predicted octanol–water partition coefficient (Wildman–Crippen LogP) is 4.49. The average Bonchev–Trinajstić information content (AvgIpc) is 3.44. The zero-order valence-electron chi connectivity index (χ0n) is 18.0. The summed E-state index contributed by atoms with van der Waals surface area (Å²) >= 11 is 2.71. The molecule has 3 heterocycles. The maximum absolute atomic E-state index is 12.5. The van der Waals surface area contributed by atoms with Gasteiger partial charge in [-0.15, -0.1) is 21.5 Å². The molecule has 0 saturated carbocycles. The molecule has 1 N–H and O–H groups in total. The fraction of sp³-hybridized carbons (Fsp3) is 0.217. The predicted molar refractivity (Wildman–Crippen MR) is 128 cm³/mol. The Morgan fingerprint density at radius 3 is 2.79 bits per heavy atom. The lowest BCUT2D eigenvalue weighted by Crippen LogP contribution is -2.24. The molecule has 0 aliphatic carbocycles. The van der Waals surface area contributed by atoms with Gasteiger partial charge in [0.2, 0.25) is 5.91 Å². The number of hydrogen-bond donors (Lipinski definition) is 1. The Morgan fingerprint density at radius 2 is 1.97 bits per heavy atom. The third-order valence-corrected chi connectivity index (χ3v) is 6.87. The van der Waals surface area contributed by atoms with Crippen molar-refractivity contribution in [2.75, 3.05) is 17.7 Å². The molecule has 0 fully saturated rings. The van der Waals surface area contributed by atoms with Crippen molar-refractivity contribution in [3.05, 3.63) is 65.3 Å². The molecule has 1 unspecified atom stereocenters. The van der Waals surface area contributed by atoms with Crippen molar-refractivity contribution in [2.24, 2.45) is 7.05 Å². The molecule has 4 aromatic rings. The summed E-state index contributed by atoms with van der Waals surface area (Å²) in [4.78, 5) is 17.0. The highest BCUT2D eigenvalue weighted by molar-refractivity contribution is 7.99. The summed E-state index contributed by atoms with van der Waals surface area (Å²) in [6, 6.07) is 15.7. The van der Waals surface area contributed by atoms with Crippen LogP contribution >= 0.6 is 23.1 Å². The van der Waals surface area contributed by atoms with Gasteiger partial charge in [0.25, 0.3) is 0 Å². The van der Waals surface area contributed by atoms with Crippen LogP contribution < -0.4 is 14.8 Å². The number of anilines is 1. The third kappa shape index (κ3) is 4.71. The van der Waals surface area contributed by atoms with Crippen LogP contribution in [-0.2, 0) is 11.8 Å². The van der Waals surface area contributed by atoms with Gasteiger partial charge in [-0.05, 0) is 19.1 Å². The minimum Gasteiger partial charge on any atom is -0.485 e. The molecular formula is C23H21N5O3S2. The second-order valence-corrected chi connectivity index (χ2v) is 9.31. The van der Waals surface area contributed by atoms with E-state index in [0.29, 0.717) is 28.5 Å². The van der Waals surface area contributed by atoms with Crippen LogP contribution in [-0.4, -0.2) is 38.0 Å². The summed E-state index contributed by atoms with van der Waals surface area (Å²) in [5, 5.41) is 14.5. The number of fused-ring (bicyclic) bond motifs is 1. The first-order valence-electron chi connectivity index (χ1n) is 10.3. The number of benzene rings is 2. The number of aromatic nitrogens is 4. The van der Waals surface area contributed by atoms with E-state index in [2.05, 4.69) is 20.5 Å². The molecule has 5 rings (SSSR count). The number of para-hydroxylation sites is 2. The lowest BCUT2D eigenvalue weighted by molar-refractivity contribution is -0.113. The molecule has 0 radical (unpaired) electrons. The smallest absolute Gasteiger partial charge is 0.236 e. The molecule has 0 spiro atoms. The molecule has 2 aromatic carbocycles. The monoisotopic (exact) mass is 479 g/mol. The van der Waals surface area contributed by atoms with Crippen molar-refractivity contribution in [2.45, 2.75) is 18.2 Å². The lowest BCUT2D eigenvalue weighted by Gasteiger charge is -2.25. The Morgan fingerprint density at radius 1 is 1.18 bits per heavy atom. The second kappa shape index (κ2) is 9.24. The molecule has 8 nitrogen and oxygen atoms in total. The standard InChI is InChI=1S/C23H21N5O3S2/c1-14-7-9-15(10-8-14)16-12-32-22(24-16)25-20(29)13-33-23-27-26-21(28(23)2)19-11-30-17-5-3-4-6-18(17)31-19/h3-10,12,19H,11,13H2,1-2H3,(H,24,25,29). The molecular weight excluding hydrogens is 458 g/mol. The van der Waals surface area contributed by atoms with Gasteiger partial charge in [-0.25, -0.2) is 4.98 Å². The van der Waals surface area contributed by atoms with Crippen molar-refractivity contribution >= 4 is 34.1 Å². The maximum Gasteiger partial charge on any atom is 0.236 e. The average molecular weight is 480 g/mol. The van der Waals surface area contributed by atoms with Crippen LogP contribution in [0.1, 0.15) is 17.5 Å². The number of nitrogens with zero attached hydrogens (tertiary/aromatic N) is 4. The fourth-order valence-corrected chi connectivity index (χ4v) is 4.81. The zero-order chi connectivity index (χ0) is 22.8. The summed E-state index contributed by atoms with van der Waals surface area (Å²) in [6.45, 7) is 2.39. The first-order valence-corrected chi connectivity index (χ1v) is 12.2. The fourth-order valence-electron chi connectivity index (χ4n) is 3.35. The number of rotatable bonds is 6. The van der Waals surface area contributed by atoms with Crippen molar-refractivity contribution in [1.82, 2.24) is 19.7 Å². The van der Waals surface area contributed by atoms with Gasteiger partial charge in [-0.1, -0.05) is 53.7 Å². The zero-order valence-corrected chi connectivity index (χ0v) is 19.7. The van der Waals surface area contributed by atoms with Crippen LogP contribution in [0, 0.1) is 6.92 Å². The SMILES string of the molecule is Cc1ccc(-c2csc(NC(=O)CSc3nnc(C4COc5ccccc5O4)n3C)n2)cc1. The number of thiazole rings is 1. The summed E-state index contributed by atoms with van der Waals surface area (Å²) in [5.74, 6) is 2.08. The highest BCUT2D eigenvalue weighted by atomic mass is 32.2. The molecule has 1 aliphatic heterocycles. The number of aryl methyl sites for hydroxylation is 1. The van der Waals surface area contributed by atoms with E-state index < -0.39 is 0 Å². The van der Waals surface area contributed by atoms with Gasteiger partial charge in [-0.2, -0.15) is 0 Å². The van der Waals surface area contributed by atoms with Gasteiger partial charge in [-0.3, -0.25) is 4.79 Å². The summed E-state index contributed by atoms with van der Waals surface area (Å²) in [6.07, 6.45) is -0.365. The second-order valence-electron chi connectivity index (χ2n) is 7.50. The largest absolute Gasteiger partial charge is 0.485 e. The molecule has 33 heavy (non-hydrogen) atoms. The van der Waals surface area contributed by atoms with E-state index in [1.807, 2.05) is 72.4 Å². The van der Waals surface area contributed by atoms with E-state index in [0.717, 1.165) is 17.0 Å². The molecule has 1 atom stereocenters. The Labute approximate surface area is 199 Å². The van der Waals surface area contributed by atoms with Gasteiger partial charge in [0.15, 0.2) is 33.7 Å². The van der Waals surface area contributed by atoms with E-state index >= 15 is 0 Å². The van der Waals surface area contributed by atoms with Gasteiger partial charge in [0.1, 0.15) is 6.61 Å². The van der Waals surface area contributed by atoms with E-state index in [9.17, 15) is 4.79 Å². The van der Waals surface area contributed by atoms with Crippen LogP contribution in [0.4, 0.5) is 5.13 Å². The Balaban J connectivity index is 1.18. The molecule has 10 heteroatoms. The number of ether oxygens (including phenoxy) is 2. The summed E-state index contributed by atoms with van der Waals surface area (Å²) in [5.41, 5.74) is 3.06. The van der Waals surface area contributed by atoms with Crippen LogP contribution in [0.25, 0.3) is 11.3 Å². The first kappa shape index (κ1) is 21.5. The topological polar surface area (TPSA) is 91.2 Å². The molecule has 1 aliphatic rings. The maximum atomic E-state index is 12.5. The van der Waals surface area contributed by atoms with Gasteiger partial charge < -0.3 is 19.4 Å². The summed E-state index contributed by atoms with van der Waals surface area (Å²) < 4.78 is 13.6. The van der Waals surface area contributed by atoms with Crippen molar-refractivity contribution < 1.29 is 14.3 Å². The van der Waals surface area contributed by atoms with Crippen LogP contribution in [0.2, 0.25) is 0 Å². The Hall–Kier alpha value is -3.37. The lowest BCUT2D eigenvalue weighted by atomic mass is 10.1. The number of nitrogens with one attached hydrogen (secondary N) is 1. The van der Waals surface area contributed by atoms with Crippen molar-refractivity contribution in [3.8, 4) is 22.8 Å². The molecule has 2 aromatic heterocycles. The minimum atomic E-state index is -0.365. The van der Waals surface area contributed by atoms with Crippen LogP contribution in [0.5, 0.6) is 11.5 Å². The molecule has 1 amide bonds. The van der Waals surface area contributed by atoms with Gasteiger partial charge >= 0.3 is 0 Å². The van der Waals surface area contributed by atoms with Crippen LogP contribution in [0.15, 0.2) is 59.1 Å². The number of amides is 1. The van der Waals surface area contributed by atoms with E-state index in [1.54, 1.807) is 0 Å². The Bertz CT molecular complexity index is 1290. The highest BCUT2D eigenvalue weighted by Crippen LogP contribution is 2.35. The minimum absolute atomic E-state index is 0.152. The van der Waals surface area contributed by atoms with E-state index in [1.165, 1.54) is 28.7 Å². The Kier molecular flexibility index (Phi) is 6.01. The normalized spacial score (nSPS) is 14.8. The van der Waals surface area contributed by atoms with Crippen LogP contribution in [0.3, 0.4) is 0 Å².